The summed E-state index contributed by atoms with van der Waals surface area (Å²) >= 11 is 0. The van der Waals surface area contributed by atoms with Gasteiger partial charge in [0.2, 0.25) is 17.7 Å². The Kier molecular flexibility index (Phi) is 17.8. The third-order valence-electron chi connectivity index (χ3n) is 12.8. The molecule has 0 spiro atoms. The minimum atomic E-state index is -6.28. The average molecular weight is 1200 g/mol. The maximum Gasteiger partial charge on any atom is 0.490 e. The number of hydrogen-bond donors (Lipinski definition) is 10. The van der Waals surface area contributed by atoms with Crippen LogP contribution in [0.3, 0.4) is 0 Å². The van der Waals surface area contributed by atoms with Crippen LogP contribution in [0.1, 0.15) is 25.1 Å². The molecular formula is C37H53N13O25P4. The Hall–Kier alpha value is -5.11. The van der Waals surface area contributed by atoms with Crippen molar-refractivity contribution >= 4 is 71.1 Å². The number of nitrogens with one attached hydrogen (secondary N) is 2. The van der Waals surface area contributed by atoms with E-state index in [0.717, 1.165) is 36.6 Å². The molecule has 42 heteroatoms. The standard InChI is InChI=1S/C37H53N13O25P4/c1-46(7-8-66-3)21(52)9-16-17(71-33(24(16)53)50-15-47(2)23-31(50)44-36(39)45-32(23)56)10-69-77(60,61)74-79(64,65)75-78(62,63)70-12-19-28(27(67-4)35(73-19)49-14-42-22-29(38)40-13-41-30(22)49)76(58,59)68-11-18-25(54)26(55)34(72-18)48-6-5-20(51)43-37(48)57/h5-6,13-19,24-28,33-35,53-55H,7-12H2,1-4H3,(H9-,38,39,40,41,43,44,45,51,56,57,58,59,60,61,62,63,64,65)/t16-,17-,18-,19-,24-,25-,26-,27-,28-,33?,34-,35-/m1/s1. The fraction of sp³-hybridized carbons (Fsp3) is 0.595. The first-order valence-electron chi connectivity index (χ1n) is 23.0. The predicted octanol–water partition coefficient (Wildman–Crippen LogP) is -4.69. The smallest absolute Gasteiger partial charge is 0.490 e. The molecule has 0 bridgehead atoms. The van der Waals surface area contributed by atoms with E-state index in [-0.39, 0.29) is 47.2 Å². The minimum Gasteiger partial charge on any atom is -0.778 e. The summed E-state index contributed by atoms with van der Waals surface area (Å²) < 4.78 is 110. The van der Waals surface area contributed by atoms with Crippen LogP contribution in [0.25, 0.3) is 22.3 Å². The molecule has 5 unspecified atom stereocenters. The van der Waals surface area contributed by atoms with Crippen LogP contribution in [0.4, 0.5) is 11.8 Å². The Labute approximate surface area is 441 Å². The van der Waals surface area contributed by atoms with Crippen molar-refractivity contribution in [2.24, 2.45) is 13.0 Å². The van der Waals surface area contributed by atoms with E-state index in [0.29, 0.717) is 4.57 Å². The van der Waals surface area contributed by atoms with Gasteiger partial charge in [0.05, 0.1) is 57.7 Å². The number of carbonyl (C=O) groups is 1. The van der Waals surface area contributed by atoms with Gasteiger partial charge in [0.25, 0.3) is 17.1 Å². The summed E-state index contributed by atoms with van der Waals surface area (Å²) in [6.07, 6.45) is -13.2. The third kappa shape index (κ3) is 12.8. The van der Waals surface area contributed by atoms with Gasteiger partial charge >= 0.3 is 34.8 Å². The van der Waals surface area contributed by atoms with Crippen molar-refractivity contribution in [2.75, 3.05) is 65.7 Å². The summed E-state index contributed by atoms with van der Waals surface area (Å²) in [5.74, 6) is -2.29. The number of methoxy groups -OCH3 is 2. The van der Waals surface area contributed by atoms with Crippen LogP contribution < -0.4 is 37.7 Å². The second-order valence-electron chi connectivity index (χ2n) is 17.9. The molecule has 3 saturated heterocycles. The molecule has 5 aromatic heterocycles. The first-order chi connectivity index (χ1) is 37.1. The molecule has 12 N–H and O–H groups in total. The highest BCUT2D eigenvalue weighted by Crippen LogP contribution is 2.68. The molecule has 0 saturated carbocycles. The van der Waals surface area contributed by atoms with Gasteiger partial charge in [-0.05, 0) is 0 Å². The number of fused-ring (bicyclic) bond motifs is 2. The van der Waals surface area contributed by atoms with Crippen molar-refractivity contribution < 1.29 is 108 Å². The lowest BCUT2D eigenvalue weighted by Gasteiger charge is -2.35. The van der Waals surface area contributed by atoms with Gasteiger partial charge in [-0.2, -0.15) is 8.62 Å². The van der Waals surface area contributed by atoms with E-state index in [1.54, 1.807) is 0 Å². The quantitative estimate of drug-likeness (QED) is 0.0217. The van der Waals surface area contributed by atoms with E-state index in [9.17, 15) is 72.3 Å². The molecule has 38 nitrogen and oxygen atoms in total. The van der Waals surface area contributed by atoms with E-state index in [1.807, 2.05) is 4.98 Å². The molecule has 1 amide bonds. The number of hydrogen-bond acceptors (Lipinski definition) is 28. The molecule has 0 radical (unpaired) electrons. The Morgan fingerprint density at radius 1 is 0.861 bits per heavy atom. The second-order valence-corrected chi connectivity index (χ2v) is 24.5. The van der Waals surface area contributed by atoms with Crippen LogP contribution >= 0.6 is 31.1 Å². The van der Waals surface area contributed by atoms with Crippen LogP contribution in [0.15, 0.2) is 45.6 Å². The van der Waals surface area contributed by atoms with Gasteiger partial charge in [0.15, 0.2) is 30.2 Å². The number of rotatable bonds is 23. The van der Waals surface area contributed by atoms with Crippen molar-refractivity contribution in [1.82, 2.24) is 48.5 Å². The fourth-order valence-electron chi connectivity index (χ4n) is 9.02. The Bertz CT molecular complexity index is 3450. The molecule has 5 aromatic rings. The number of amides is 1. The molecular weight excluding hydrogens is 1150 g/mol. The summed E-state index contributed by atoms with van der Waals surface area (Å²) in [5.41, 5.74) is 6.93. The highest BCUT2D eigenvalue weighted by molar-refractivity contribution is 7.66. The predicted molar refractivity (Wildman–Crippen MR) is 256 cm³/mol. The van der Waals surface area contributed by atoms with E-state index >= 15 is 0 Å². The van der Waals surface area contributed by atoms with Gasteiger partial charge in [-0.15, -0.1) is 0 Å². The summed E-state index contributed by atoms with van der Waals surface area (Å²) in [6.45, 7) is -3.30. The summed E-state index contributed by atoms with van der Waals surface area (Å²) in [7, 11) is -18.5. The number of ether oxygens (including phenoxy) is 5. The topological polar surface area (TPSA) is 530 Å². The normalized spacial score (nSPS) is 29.4. The molecule has 3 fully saturated rings. The molecule has 79 heavy (non-hydrogen) atoms. The lowest BCUT2D eigenvalue weighted by molar-refractivity contribution is -0.745. The number of carbonyl (C=O) groups excluding carboxylic acids is 1. The largest absolute Gasteiger partial charge is 0.778 e. The first-order valence-corrected chi connectivity index (χ1v) is 29.1. The zero-order valence-electron chi connectivity index (χ0n) is 41.5. The van der Waals surface area contributed by atoms with Crippen molar-refractivity contribution in [1.29, 1.82) is 0 Å². The van der Waals surface area contributed by atoms with Crippen LogP contribution in [-0.2, 0) is 76.0 Å². The number of phosphoric ester groups is 2. The molecule has 8 rings (SSSR count). The van der Waals surface area contributed by atoms with E-state index in [1.165, 1.54) is 41.6 Å². The molecule has 8 heterocycles. The Morgan fingerprint density at radius 2 is 1.52 bits per heavy atom. The fourth-order valence-corrected chi connectivity index (χ4v) is 14.3. The number of likely N-dealkylation sites (N-methyl/N-ethyl adjacent to an activating group) is 1. The highest BCUT2D eigenvalue weighted by atomic mass is 31.3. The number of H-pyrrole nitrogens is 2. The number of aliphatic hydroxyl groups excluding tert-OH is 3. The van der Waals surface area contributed by atoms with Crippen molar-refractivity contribution in [3.63, 3.8) is 0 Å². The lowest BCUT2D eigenvalue weighted by Crippen LogP contribution is -2.45. The van der Waals surface area contributed by atoms with Gasteiger partial charge < -0.3 is 84.0 Å². The zero-order valence-corrected chi connectivity index (χ0v) is 45.0. The maximum absolute atomic E-state index is 14.2. The number of nitrogen functional groups attached to an aromatic ring is 2. The van der Waals surface area contributed by atoms with Crippen LogP contribution in [0, 0.1) is 5.92 Å². The van der Waals surface area contributed by atoms with Gasteiger partial charge in [0.1, 0.15) is 50.0 Å². The molecule has 436 valence electrons. The maximum atomic E-state index is 14.2. The number of aromatic nitrogens is 10. The Balaban J connectivity index is 0.971. The number of nitrogens with two attached hydrogens (primary N) is 2. The van der Waals surface area contributed by atoms with Crippen molar-refractivity contribution in [3.8, 4) is 0 Å². The summed E-state index contributed by atoms with van der Waals surface area (Å²) in [4.78, 5) is 118. The second kappa shape index (κ2) is 23.4. The molecule has 3 aliphatic heterocycles. The number of nitrogens with zero attached hydrogens (tertiary/aromatic N) is 9. The molecule has 0 aromatic carbocycles. The van der Waals surface area contributed by atoms with Crippen molar-refractivity contribution in [3.05, 3.63) is 62.4 Å². The van der Waals surface area contributed by atoms with Gasteiger partial charge in [-0.1, -0.05) is 4.98 Å². The number of aliphatic hydroxyl groups is 3. The average Bonchev–Trinajstić information content (AvgIpc) is 4.38. The number of aryl methyl sites for hydroxylation is 1. The van der Waals surface area contributed by atoms with Gasteiger partial charge in [-0.3, -0.25) is 47.1 Å². The monoisotopic (exact) mass is 1200 g/mol. The summed E-state index contributed by atoms with van der Waals surface area (Å²) in [5, 5.41) is 33.1. The van der Waals surface area contributed by atoms with Crippen molar-refractivity contribution in [2.45, 2.75) is 73.5 Å². The van der Waals surface area contributed by atoms with E-state index in [4.69, 9.17) is 48.7 Å². The van der Waals surface area contributed by atoms with E-state index < -0.39 is 153 Å². The molecule has 3 aliphatic rings. The lowest BCUT2D eigenvalue weighted by atomic mass is 9.94. The van der Waals surface area contributed by atoms with Crippen LogP contribution in [0.2, 0.25) is 0 Å². The minimum absolute atomic E-state index is 0.00858. The summed E-state index contributed by atoms with van der Waals surface area (Å²) in [6, 6.07) is 0.911. The number of anilines is 2. The van der Waals surface area contributed by atoms with Gasteiger partial charge in [0, 0.05) is 52.4 Å². The molecule has 0 aliphatic carbocycles. The van der Waals surface area contributed by atoms with Crippen LogP contribution in [-0.4, -0.2) is 187 Å². The molecule has 16 atom stereocenters. The van der Waals surface area contributed by atoms with Gasteiger partial charge in [-0.25, -0.2) is 38.0 Å². The highest BCUT2D eigenvalue weighted by Gasteiger charge is 2.55. The Morgan fingerprint density at radius 3 is 2.18 bits per heavy atom. The SMILES string of the molecule is COCCN(C)C(=O)C[C@@H]1[C@@H](COP(=O)(O)OP(=O)(O)OP(=O)(O)OC[C@H]2O[C@@H](n3cnc4c(N)ncnc43)[C@H](OC)[C@@H]2P(=O)([O-])OC[C@H]2O[C@@H](n3ccc(=O)[nH]c3=O)[C@H](O)[C@@H]2O)OC([n+]2cn(C)c3c(=O)[nH]c(N)nc32)[C@@H]1O. The third-order valence-corrected chi connectivity index (χ3v) is 18.9. The number of phosphoric acid groups is 3. The first kappa shape index (κ1) is 60.0. The van der Waals surface area contributed by atoms with Crippen LogP contribution in [0.5, 0.6) is 0 Å². The number of aromatic amines is 2. The van der Waals surface area contributed by atoms with E-state index in [2.05, 4.69) is 33.5 Å². The zero-order chi connectivity index (χ0) is 57.7. The number of imidazole rings is 2.